The fourth-order valence-corrected chi connectivity index (χ4v) is 3.74. The predicted octanol–water partition coefficient (Wildman–Crippen LogP) is 3.65. The minimum atomic E-state index is -3.67. The third-order valence-corrected chi connectivity index (χ3v) is 6.16. The summed E-state index contributed by atoms with van der Waals surface area (Å²) in [5, 5.41) is 2.70. The highest BCUT2D eigenvalue weighted by molar-refractivity contribution is 9.10. The molecule has 0 aliphatic rings. The molecule has 0 fully saturated rings. The van der Waals surface area contributed by atoms with Crippen molar-refractivity contribution in [3.8, 4) is 0 Å². The Balaban J connectivity index is 2.20. The summed E-state index contributed by atoms with van der Waals surface area (Å²) >= 11 is 3.38. The Morgan fingerprint density at radius 1 is 1.10 bits per heavy atom. The van der Waals surface area contributed by atoms with Crippen molar-refractivity contribution in [2.75, 3.05) is 29.0 Å². The molecule has 1 N–H and O–H groups in total. The molecule has 1 amide bonds. The number of carbonyl (C=O) groups excluding carboxylic acids is 2. The standard InChI is InChI=1S/C20H23BrN2O5S/c1-5-28-20(25)15-6-9-18(14(3)10-15)22-19(24)12-23(29(4,26)27)16-7-8-17(21)13(2)11-16/h6-11H,5,12H2,1-4H3,(H,22,24). The number of hydrogen-bond donors (Lipinski definition) is 1. The van der Waals surface area contributed by atoms with E-state index in [-0.39, 0.29) is 13.2 Å². The van der Waals surface area contributed by atoms with Crippen LogP contribution in [-0.2, 0) is 19.6 Å². The molecule has 2 aromatic rings. The molecule has 29 heavy (non-hydrogen) atoms. The first-order valence-corrected chi connectivity index (χ1v) is 11.5. The first-order chi connectivity index (χ1) is 13.5. The topological polar surface area (TPSA) is 92.8 Å². The Kier molecular flexibility index (Phi) is 7.43. The van der Waals surface area contributed by atoms with E-state index in [1.165, 1.54) is 0 Å². The average Bonchev–Trinajstić information content (AvgIpc) is 2.63. The van der Waals surface area contributed by atoms with Gasteiger partial charge in [-0.2, -0.15) is 0 Å². The zero-order valence-electron chi connectivity index (χ0n) is 16.7. The number of carbonyl (C=O) groups is 2. The van der Waals surface area contributed by atoms with Crippen LogP contribution in [0.4, 0.5) is 11.4 Å². The van der Waals surface area contributed by atoms with E-state index in [1.54, 1.807) is 50.2 Å². The monoisotopic (exact) mass is 482 g/mol. The third-order valence-electron chi connectivity index (χ3n) is 4.13. The number of ether oxygens (including phenoxy) is 1. The Morgan fingerprint density at radius 3 is 2.34 bits per heavy atom. The van der Waals surface area contributed by atoms with E-state index in [1.807, 2.05) is 6.92 Å². The number of esters is 1. The van der Waals surface area contributed by atoms with Gasteiger partial charge in [0.15, 0.2) is 0 Å². The van der Waals surface area contributed by atoms with Crippen molar-refractivity contribution >= 4 is 49.2 Å². The van der Waals surface area contributed by atoms with E-state index in [9.17, 15) is 18.0 Å². The van der Waals surface area contributed by atoms with Gasteiger partial charge in [0.2, 0.25) is 15.9 Å². The number of nitrogens with one attached hydrogen (secondary N) is 1. The molecule has 2 rings (SSSR count). The van der Waals surface area contributed by atoms with Crippen molar-refractivity contribution in [2.24, 2.45) is 0 Å². The van der Waals surface area contributed by atoms with Gasteiger partial charge >= 0.3 is 5.97 Å². The maximum Gasteiger partial charge on any atom is 0.338 e. The van der Waals surface area contributed by atoms with Crippen molar-refractivity contribution in [1.82, 2.24) is 0 Å². The normalized spacial score (nSPS) is 11.1. The number of amides is 1. The summed E-state index contributed by atoms with van der Waals surface area (Å²) in [5.74, 6) is -0.940. The van der Waals surface area contributed by atoms with Crippen LogP contribution in [0.5, 0.6) is 0 Å². The summed E-state index contributed by atoms with van der Waals surface area (Å²) < 4.78 is 31.3. The van der Waals surface area contributed by atoms with Crippen LogP contribution < -0.4 is 9.62 Å². The lowest BCUT2D eigenvalue weighted by atomic mass is 10.1. The van der Waals surface area contributed by atoms with Crippen molar-refractivity contribution in [3.05, 3.63) is 57.6 Å². The zero-order valence-corrected chi connectivity index (χ0v) is 19.1. The molecule has 0 aromatic heterocycles. The highest BCUT2D eigenvalue weighted by atomic mass is 79.9. The molecular formula is C20H23BrN2O5S. The fraction of sp³-hybridized carbons (Fsp3) is 0.300. The molecule has 7 nitrogen and oxygen atoms in total. The molecule has 156 valence electrons. The van der Waals surface area contributed by atoms with Gasteiger partial charge in [0.25, 0.3) is 0 Å². The minimum Gasteiger partial charge on any atom is -0.462 e. The average molecular weight is 483 g/mol. The third kappa shape index (κ3) is 6.04. The van der Waals surface area contributed by atoms with Crippen LogP contribution >= 0.6 is 15.9 Å². The van der Waals surface area contributed by atoms with Crippen molar-refractivity contribution in [3.63, 3.8) is 0 Å². The summed E-state index contributed by atoms with van der Waals surface area (Å²) in [7, 11) is -3.67. The maximum atomic E-state index is 12.6. The molecule has 0 saturated heterocycles. The van der Waals surface area contributed by atoms with E-state index >= 15 is 0 Å². The maximum absolute atomic E-state index is 12.6. The van der Waals surface area contributed by atoms with Crippen molar-refractivity contribution < 1.29 is 22.7 Å². The highest BCUT2D eigenvalue weighted by Gasteiger charge is 2.22. The van der Waals surface area contributed by atoms with Crippen molar-refractivity contribution in [1.29, 1.82) is 0 Å². The first kappa shape index (κ1) is 22.9. The number of nitrogens with zero attached hydrogens (tertiary/aromatic N) is 1. The highest BCUT2D eigenvalue weighted by Crippen LogP contribution is 2.25. The van der Waals surface area contributed by atoms with Crippen LogP contribution in [-0.4, -0.2) is 39.7 Å². The molecule has 0 spiro atoms. The smallest absolute Gasteiger partial charge is 0.338 e. The van der Waals surface area contributed by atoms with E-state index in [2.05, 4.69) is 21.2 Å². The molecule has 0 bridgehead atoms. The molecule has 0 heterocycles. The summed E-state index contributed by atoms with van der Waals surface area (Å²) in [4.78, 5) is 24.4. The van der Waals surface area contributed by atoms with Crippen molar-refractivity contribution in [2.45, 2.75) is 20.8 Å². The molecule has 9 heteroatoms. The lowest BCUT2D eigenvalue weighted by molar-refractivity contribution is -0.114. The van der Waals surface area contributed by atoms with Crippen LogP contribution in [0.2, 0.25) is 0 Å². The Morgan fingerprint density at radius 2 is 1.79 bits per heavy atom. The lowest BCUT2D eigenvalue weighted by Crippen LogP contribution is -2.37. The summed E-state index contributed by atoms with van der Waals surface area (Å²) in [6.45, 7) is 5.19. The Hall–Kier alpha value is -2.39. The summed E-state index contributed by atoms with van der Waals surface area (Å²) in [6.07, 6.45) is 1.05. The number of sulfonamides is 1. The molecule has 0 radical (unpaired) electrons. The number of halogens is 1. The van der Waals surface area contributed by atoms with E-state index in [4.69, 9.17) is 4.74 Å². The summed E-state index contributed by atoms with van der Waals surface area (Å²) in [5.41, 5.74) is 2.78. The van der Waals surface area contributed by atoms with E-state index < -0.39 is 21.9 Å². The number of benzene rings is 2. The summed E-state index contributed by atoms with van der Waals surface area (Å²) in [6, 6.07) is 9.81. The molecule has 2 aromatic carbocycles. The second-order valence-corrected chi connectivity index (χ2v) is 9.26. The molecule has 0 saturated carbocycles. The van der Waals surface area contributed by atoms with Gasteiger partial charge in [-0.25, -0.2) is 13.2 Å². The number of aryl methyl sites for hydroxylation is 2. The molecule has 0 aliphatic heterocycles. The van der Waals surface area contributed by atoms with E-state index in [0.29, 0.717) is 22.5 Å². The largest absolute Gasteiger partial charge is 0.462 e. The van der Waals surface area contributed by atoms with Gasteiger partial charge < -0.3 is 10.1 Å². The van der Waals surface area contributed by atoms with Crippen LogP contribution in [0.25, 0.3) is 0 Å². The van der Waals surface area contributed by atoms with Gasteiger partial charge in [0.1, 0.15) is 6.54 Å². The molecule has 0 atom stereocenters. The van der Waals surface area contributed by atoms with Gasteiger partial charge in [0.05, 0.1) is 24.1 Å². The first-order valence-electron chi connectivity index (χ1n) is 8.84. The zero-order chi connectivity index (χ0) is 21.8. The Bertz CT molecular complexity index is 1040. The van der Waals surface area contributed by atoms with Crippen LogP contribution in [0.1, 0.15) is 28.4 Å². The van der Waals surface area contributed by atoms with Gasteiger partial charge in [-0.05, 0) is 68.3 Å². The second-order valence-electron chi connectivity index (χ2n) is 6.50. The number of hydrogen-bond acceptors (Lipinski definition) is 5. The minimum absolute atomic E-state index is 0.271. The fourth-order valence-electron chi connectivity index (χ4n) is 2.65. The van der Waals surface area contributed by atoms with Crippen LogP contribution in [0.15, 0.2) is 40.9 Å². The van der Waals surface area contributed by atoms with Gasteiger partial charge in [-0.1, -0.05) is 15.9 Å². The molecular weight excluding hydrogens is 460 g/mol. The van der Waals surface area contributed by atoms with Gasteiger partial charge in [0, 0.05) is 10.2 Å². The number of anilines is 2. The lowest BCUT2D eigenvalue weighted by Gasteiger charge is -2.23. The van der Waals surface area contributed by atoms with Crippen LogP contribution in [0.3, 0.4) is 0 Å². The predicted molar refractivity (Wildman–Crippen MR) is 117 cm³/mol. The molecule has 0 unspecified atom stereocenters. The SMILES string of the molecule is CCOC(=O)c1ccc(NC(=O)CN(c2ccc(Br)c(C)c2)S(C)(=O)=O)c(C)c1. The Labute approximate surface area is 179 Å². The molecule has 0 aliphatic carbocycles. The second kappa shape index (κ2) is 9.41. The van der Waals surface area contributed by atoms with Gasteiger partial charge in [-0.3, -0.25) is 9.10 Å². The number of rotatable bonds is 7. The van der Waals surface area contributed by atoms with E-state index in [0.717, 1.165) is 20.6 Å². The van der Waals surface area contributed by atoms with Gasteiger partial charge in [-0.15, -0.1) is 0 Å². The van der Waals surface area contributed by atoms with Crippen LogP contribution in [0, 0.1) is 13.8 Å². The quantitative estimate of drug-likeness (QED) is 0.607.